The SMILES string of the molecule is Cc1ncsc1C=NN=C(N)N. The lowest BCUT2D eigenvalue weighted by atomic mass is 10.4. The summed E-state index contributed by atoms with van der Waals surface area (Å²) in [5.41, 5.74) is 12.8. The summed E-state index contributed by atoms with van der Waals surface area (Å²) < 4.78 is 0. The highest BCUT2D eigenvalue weighted by atomic mass is 32.1. The highest BCUT2D eigenvalue weighted by Gasteiger charge is 1.95. The molecule has 6 heteroatoms. The van der Waals surface area contributed by atoms with Gasteiger partial charge >= 0.3 is 0 Å². The molecule has 0 aliphatic carbocycles. The topological polar surface area (TPSA) is 89.6 Å². The van der Waals surface area contributed by atoms with Crippen LogP contribution in [0.5, 0.6) is 0 Å². The van der Waals surface area contributed by atoms with Crippen LogP contribution in [0.15, 0.2) is 15.7 Å². The smallest absolute Gasteiger partial charge is 0.211 e. The van der Waals surface area contributed by atoms with Gasteiger partial charge in [-0.05, 0) is 6.92 Å². The molecule has 1 aromatic rings. The van der Waals surface area contributed by atoms with Crippen LogP contribution < -0.4 is 11.5 Å². The molecule has 0 unspecified atom stereocenters. The van der Waals surface area contributed by atoms with Crippen molar-refractivity contribution in [1.29, 1.82) is 0 Å². The number of thiazole rings is 1. The Morgan fingerprint density at radius 2 is 2.42 bits per heavy atom. The predicted octanol–water partition coefficient (Wildman–Crippen LogP) is 0.0588. The van der Waals surface area contributed by atoms with Gasteiger partial charge in [0.2, 0.25) is 5.96 Å². The lowest BCUT2D eigenvalue weighted by Crippen LogP contribution is -2.21. The Hall–Kier alpha value is -1.43. The van der Waals surface area contributed by atoms with Crippen molar-refractivity contribution in [3.05, 3.63) is 16.1 Å². The van der Waals surface area contributed by atoms with Crippen LogP contribution in [0.25, 0.3) is 0 Å². The molecular weight excluding hydrogens is 174 g/mol. The van der Waals surface area contributed by atoms with E-state index in [0.717, 1.165) is 10.6 Å². The quantitative estimate of drug-likeness (QED) is 0.386. The minimum Gasteiger partial charge on any atom is -0.369 e. The number of hydrogen-bond donors (Lipinski definition) is 2. The molecule has 0 aliphatic rings. The Balaban J connectivity index is 2.70. The van der Waals surface area contributed by atoms with E-state index in [-0.39, 0.29) is 5.96 Å². The van der Waals surface area contributed by atoms with E-state index in [0.29, 0.717) is 0 Å². The number of nitrogens with zero attached hydrogens (tertiary/aromatic N) is 3. The van der Waals surface area contributed by atoms with Gasteiger partial charge in [-0.3, -0.25) is 0 Å². The third-order valence-corrected chi connectivity index (χ3v) is 2.00. The maximum atomic E-state index is 5.07. The Morgan fingerprint density at radius 1 is 1.67 bits per heavy atom. The average molecular weight is 183 g/mol. The van der Waals surface area contributed by atoms with Crippen molar-refractivity contribution in [2.24, 2.45) is 21.7 Å². The summed E-state index contributed by atoms with van der Waals surface area (Å²) in [6.45, 7) is 1.90. The normalized spacial score (nSPS) is 10.4. The molecule has 12 heavy (non-hydrogen) atoms. The minimum absolute atomic E-state index is 0.0478. The molecule has 1 aromatic heterocycles. The maximum Gasteiger partial charge on any atom is 0.211 e. The van der Waals surface area contributed by atoms with Gasteiger partial charge in [0.1, 0.15) is 0 Å². The van der Waals surface area contributed by atoms with Gasteiger partial charge < -0.3 is 11.5 Å². The van der Waals surface area contributed by atoms with E-state index in [4.69, 9.17) is 11.5 Å². The third-order valence-electron chi connectivity index (χ3n) is 1.13. The summed E-state index contributed by atoms with van der Waals surface area (Å²) in [6.07, 6.45) is 1.58. The van der Waals surface area contributed by atoms with Gasteiger partial charge in [-0.25, -0.2) is 4.98 Å². The zero-order valence-electron chi connectivity index (χ0n) is 6.56. The van der Waals surface area contributed by atoms with E-state index in [1.807, 2.05) is 6.92 Å². The average Bonchev–Trinajstić information content (AvgIpc) is 2.36. The first-order chi connectivity index (χ1) is 5.70. The number of nitrogens with two attached hydrogens (primary N) is 2. The third kappa shape index (κ3) is 2.31. The number of aryl methyl sites for hydroxylation is 1. The second-order valence-corrected chi connectivity index (χ2v) is 2.96. The van der Waals surface area contributed by atoms with Crippen molar-refractivity contribution in [3.63, 3.8) is 0 Å². The first kappa shape index (κ1) is 8.66. The van der Waals surface area contributed by atoms with Crippen molar-refractivity contribution in [3.8, 4) is 0 Å². The molecule has 0 atom stereocenters. The van der Waals surface area contributed by atoms with Gasteiger partial charge in [0.05, 0.1) is 22.3 Å². The Labute approximate surface area is 73.8 Å². The molecule has 0 bridgehead atoms. The van der Waals surface area contributed by atoms with Gasteiger partial charge in [-0.2, -0.15) is 5.10 Å². The van der Waals surface area contributed by atoms with Crippen LogP contribution in [0.3, 0.4) is 0 Å². The molecular formula is C6H9N5S. The van der Waals surface area contributed by atoms with E-state index in [2.05, 4.69) is 15.2 Å². The lowest BCUT2D eigenvalue weighted by Gasteiger charge is -1.85. The van der Waals surface area contributed by atoms with Crippen LogP contribution in [0, 0.1) is 6.92 Å². The van der Waals surface area contributed by atoms with Crippen LogP contribution >= 0.6 is 11.3 Å². The standard InChI is InChI=1S/C6H9N5S/c1-4-5(12-3-9-4)2-10-11-6(7)8/h2-3H,1H3,(H4,7,8,11). The van der Waals surface area contributed by atoms with Crippen LogP contribution in [-0.2, 0) is 0 Å². The monoisotopic (exact) mass is 183 g/mol. The maximum absolute atomic E-state index is 5.07. The Bertz CT molecular complexity index is 309. The van der Waals surface area contributed by atoms with E-state index >= 15 is 0 Å². The molecule has 0 radical (unpaired) electrons. The zero-order valence-corrected chi connectivity index (χ0v) is 7.38. The van der Waals surface area contributed by atoms with Crippen molar-refractivity contribution in [1.82, 2.24) is 4.98 Å². The van der Waals surface area contributed by atoms with E-state index in [9.17, 15) is 0 Å². The van der Waals surface area contributed by atoms with Gasteiger partial charge in [-0.15, -0.1) is 16.4 Å². The molecule has 64 valence electrons. The Kier molecular flexibility index (Phi) is 2.76. The molecule has 0 saturated heterocycles. The molecule has 0 saturated carbocycles. The first-order valence-corrected chi connectivity index (χ1v) is 4.10. The zero-order chi connectivity index (χ0) is 8.97. The van der Waals surface area contributed by atoms with Crippen molar-refractivity contribution in [2.45, 2.75) is 6.92 Å². The predicted molar refractivity (Wildman–Crippen MR) is 50.3 cm³/mol. The fraction of sp³-hybridized carbons (Fsp3) is 0.167. The summed E-state index contributed by atoms with van der Waals surface area (Å²) in [4.78, 5) is 4.99. The van der Waals surface area contributed by atoms with E-state index in [1.165, 1.54) is 11.3 Å². The largest absolute Gasteiger partial charge is 0.369 e. The van der Waals surface area contributed by atoms with Crippen LogP contribution in [-0.4, -0.2) is 17.2 Å². The molecule has 5 nitrogen and oxygen atoms in total. The van der Waals surface area contributed by atoms with Crippen LogP contribution in [0.2, 0.25) is 0 Å². The fourth-order valence-corrected chi connectivity index (χ4v) is 1.24. The molecule has 1 rings (SSSR count). The summed E-state index contributed by atoms with van der Waals surface area (Å²) in [6, 6.07) is 0. The van der Waals surface area contributed by atoms with Crippen molar-refractivity contribution in [2.75, 3.05) is 0 Å². The highest BCUT2D eigenvalue weighted by molar-refractivity contribution is 7.11. The highest BCUT2D eigenvalue weighted by Crippen LogP contribution is 2.08. The van der Waals surface area contributed by atoms with Gasteiger partial charge in [0.25, 0.3) is 0 Å². The molecule has 0 fully saturated rings. The van der Waals surface area contributed by atoms with E-state index < -0.39 is 0 Å². The number of aromatic nitrogens is 1. The lowest BCUT2D eigenvalue weighted by molar-refractivity contribution is 1.21. The molecule has 1 heterocycles. The van der Waals surface area contributed by atoms with E-state index in [1.54, 1.807) is 11.7 Å². The van der Waals surface area contributed by atoms with Crippen LogP contribution in [0.1, 0.15) is 10.6 Å². The summed E-state index contributed by atoms with van der Waals surface area (Å²) >= 11 is 1.49. The molecule has 4 N–H and O–H groups in total. The van der Waals surface area contributed by atoms with Crippen LogP contribution in [0.4, 0.5) is 0 Å². The van der Waals surface area contributed by atoms with Gasteiger partial charge in [0.15, 0.2) is 0 Å². The number of hydrogen-bond acceptors (Lipinski definition) is 4. The van der Waals surface area contributed by atoms with Gasteiger partial charge in [-0.1, -0.05) is 0 Å². The summed E-state index contributed by atoms with van der Waals surface area (Å²) in [5.74, 6) is -0.0478. The molecule has 0 aromatic carbocycles. The Morgan fingerprint density at radius 3 is 2.92 bits per heavy atom. The number of rotatable bonds is 2. The molecule has 0 amide bonds. The van der Waals surface area contributed by atoms with Crippen molar-refractivity contribution >= 4 is 23.5 Å². The first-order valence-electron chi connectivity index (χ1n) is 3.22. The minimum atomic E-state index is -0.0478. The summed E-state index contributed by atoms with van der Waals surface area (Å²) in [7, 11) is 0. The number of guanidine groups is 1. The molecule has 0 spiro atoms. The second-order valence-electron chi connectivity index (χ2n) is 2.07. The fourth-order valence-electron chi connectivity index (χ4n) is 0.583. The second kappa shape index (κ2) is 3.82. The molecule has 0 aliphatic heterocycles. The van der Waals surface area contributed by atoms with Gasteiger partial charge in [0, 0.05) is 0 Å². The van der Waals surface area contributed by atoms with Crippen molar-refractivity contribution < 1.29 is 0 Å². The summed E-state index contributed by atoms with van der Waals surface area (Å²) in [5, 5.41) is 7.12.